The summed E-state index contributed by atoms with van der Waals surface area (Å²) < 4.78 is 5.44. The summed E-state index contributed by atoms with van der Waals surface area (Å²) in [4.78, 5) is 2.34. The Morgan fingerprint density at radius 2 is 1.84 bits per heavy atom. The maximum atomic E-state index is 6.27. The third-order valence-corrected chi connectivity index (χ3v) is 3.56. The number of nitrogens with zero attached hydrogens (tertiary/aromatic N) is 1. The number of likely N-dealkylation sites (N-methyl/N-ethyl adjacent to an activating group) is 1. The quantitative estimate of drug-likeness (QED) is 0.783. The van der Waals surface area contributed by atoms with Crippen LogP contribution in [-0.2, 0) is 0 Å². The van der Waals surface area contributed by atoms with Gasteiger partial charge >= 0.3 is 0 Å². The lowest BCUT2D eigenvalue weighted by atomic mass is 10.1. The van der Waals surface area contributed by atoms with Gasteiger partial charge < -0.3 is 15.4 Å². The van der Waals surface area contributed by atoms with E-state index in [1.807, 2.05) is 19.1 Å². The van der Waals surface area contributed by atoms with Crippen LogP contribution in [0.5, 0.6) is 5.75 Å². The van der Waals surface area contributed by atoms with Crippen LogP contribution >= 0.6 is 0 Å². The molecule has 108 valence electrons. The van der Waals surface area contributed by atoms with Crippen molar-refractivity contribution in [2.75, 3.05) is 20.2 Å². The van der Waals surface area contributed by atoms with Crippen molar-refractivity contribution in [3.8, 4) is 5.75 Å². The molecule has 0 aliphatic heterocycles. The summed E-state index contributed by atoms with van der Waals surface area (Å²) in [6.45, 7) is 8.05. The highest BCUT2D eigenvalue weighted by atomic mass is 16.5. The molecule has 0 fully saturated rings. The number of nitrogens with two attached hydrogens (primary N) is 1. The van der Waals surface area contributed by atoms with Gasteiger partial charge in [-0.2, -0.15) is 0 Å². The number of benzene rings is 1. The van der Waals surface area contributed by atoms with Crippen molar-refractivity contribution in [2.24, 2.45) is 5.73 Å². The number of rotatable bonds is 8. The normalized spacial score (nSPS) is 14.4. The topological polar surface area (TPSA) is 38.5 Å². The van der Waals surface area contributed by atoms with E-state index in [-0.39, 0.29) is 6.04 Å². The van der Waals surface area contributed by atoms with Gasteiger partial charge in [-0.05, 0) is 45.0 Å². The molecule has 0 amide bonds. The smallest absolute Gasteiger partial charge is 0.119 e. The molecule has 3 heteroatoms. The number of hydrogen-bond donors (Lipinski definition) is 1. The van der Waals surface area contributed by atoms with Crippen molar-refractivity contribution in [3.05, 3.63) is 29.8 Å². The van der Waals surface area contributed by atoms with Crippen molar-refractivity contribution >= 4 is 0 Å². The Kier molecular flexibility index (Phi) is 6.89. The van der Waals surface area contributed by atoms with E-state index >= 15 is 0 Å². The van der Waals surface area contributed by atoms with Crippen molar-refractivity contribution in [1.82, 2.24) is 4.90 Å². The molecule has 3 nitrogen and oxygen atoms in total. The predicted octanol–water partition coefficient (Wildman–Crippen LogP) is 3.21. The first-order valence-electron chi connectivity index (χ1n) is 7.27. The molecule has 0 radical (unpaired) electrons. The van der Waals surface area contributed by atoms with Crippen LogP contribution in [-0.4, -0.2) is 31.1 Å². The van der Waals surface area contributed by atoms with Crippen LogP contribution in [0, 0.1) is 0 Å². The molecule has 0 spiro atoms. The molecule has 0 saturated heterocycles. The van der Waals surface area contributed by atoms with Gasteiger partial charge in [0.05, 0.1) is 6.61 Å². The molecule has 0 saturated carbocycles. The van der Waals surface area contributed by atoms with Crippen LogP contribution in [0.4, 0.5) is 0 Å². The van der Waals surface area contributed by atoms with Crippen molar-refractivity contribution in [1.29, 1.82) is 0 Å². The molecule has 0 aromatic heterocycles. The molecule has 0 aliphatic carbocycles. The Bertz CT molecular complexity index is 350. The summed E-state index contributed by atoms with van der Waals surface area (Å²) >= 11 is 0. The van der Waals surface area contributed by atoms with Crippen molar-refractivity contribution < 1.29 is 4.74 Å². The Hall–Kier alpha value is -1.06. The van der Waals surface area contributed by atoms with E-state index < -0.39 is 0 Å². The lowest BCUT2D eigenvalue weighted by Gasteiger charge is -2.27. The molecular formula is C16H28N2O. The van der Waals surface area contributed by atoms with Crippen LogP contribution in [0.2, 0.25) is 0 Å². The molecule has 1 aromatic rings. The highest BCUT2D eigenvalue weighted by Crippen LogP contribution is 2.18. The average Bonchev–Trinajstić information content (AvgIpc) is 2.40. The van der Waals surface area contributed by atoms with E-state index in [1.54, 1.807) is 0 Å². The van der Waals surface area contributed by atoms with Crippen LogP contribution in [0.15, 0.2) is 24.3 Å². The Labute approximate surface area is 117 Å². The first kappa shape index (κ1) is 16.0. The fraction of sp³-hybridized carbons (Fsp3) is 0.625. The Morgan fingerprint density at radius 3 is 2.37 bits per heavy atom. The van der Waals surface area contributed by atoms with Crippen LogP contribution in [0.25, 0.3) is 0 Å². The summed E-state index contributed by atoms with van der Waals surface area (Å²) in [7, 11) is 2.15. The fourth-order valence-electron chi connectivity index (χ4n) is 2.21. The molecule has 0 heterocycles. The Morgan fingerprint density at radius 1 is 1.21 bits per heavy atom. The molecule has 0 aliphatic rings. The van der Waals surface area contributed by atoms with Gasteiger partial charge in [0.15, 0.2) is 0 Å². The van der Waals surface area contributed by atoms with Gasteiger partial charge in [0, 0.05) is 18.6 Å². The summed E-state index contributed by atoms with van der Waals surface area (Å²) in [5, 5.41) is 0. The maximum absolute atomic E-state index is 6.27. The van der Waals surface area contributed by atoms with Crippen LogP contribution in [0.1, 0.15) is 45.2 Å². The molecule has 0 bridgehead atoms. The standard InChI is InChI=1S/C16H28N2O/c1-5-7-13(3)18(4)12-16(17)14-8-10-15(11-9-14)19-6-2/h8-11,13,16H,5-7,12,17H2,1-4H3. The van der Waals surface area contributed by atoms with Gasteiger partial charge in [0.1, 0.15) is 5.75 Å². The summed E-state index contributed by atoms with van der Waals surface area (Å²) in [6, 6.07) is 8.75. The lowest BCUT2D eigenvalue weighted by molar-refractivity contribution is 0.231. The van der Waals surface area contributed by atoms with Gasteiger partial charge in [0.25, 0.3) is 0 Å². The minimum atomic E-state index is 0.0555. The van der Waals surface area contributed by atoms with Gasteiger partial charge in [0.2, 0.25) is 0 Å². The minimum absolute atomic E-state index is 0.0555. The summed E-state index contributed by atoms with van der Waals surface area (Å²) in [5.41, 5.74) is 7.44. The monoisotopic (exact) mass is 264 g/mol. The highest BCUT2D eigenvalue weighted by Gasteiger charge is 2.13. The van der Waals surface area contributed by atoms with E-state index in [2.05, 4.69) is 37.9 Å². The van der Waals surface area contributed by atoms with Gasteiger partial charge in [-0.1, -0.05) is 25.5 Å². The van der Waals surface area contributed by atoms with E-state index in [0.29, 0.717) is 12.6 Å². The first-order valence-corrected chi connectivity index (χ1v) is 7.27. The minimum Gasteiger partial charge on any atom is -0.494 e. The second-order valence-corrected chi connectivity index (χ2v) is 5.19. The van der Waals surface area contributed by atoms with E-state index in [9.17, 15) is 0 Å². The zero-order chi connectivity index (χ0) is 14.3. The average molecular weight is 264 g/mol. The SMILES string of the molecule is CCCC(C)N(C)CC(N)c1ccc(OCC)cc1. The zero-order valence-electron chi connectivity index (χ0n) is 12.7. The lowest BCUT2D eigenvalue weighted by Crippen LogP contribution is -2.35. The van der Waals surface area contributed by atoms with Gasteiger partial charge in [-0.3, -0.25) is 0 Å². The van der Waals surface area contributed by atoms with Crippen molar-refractivity contribution in [2.45, 2.75) is 45.7 Å². The predicted molar refractivity (Wildman–Crippen MR) is 81.5 cm³/mol. The van der Waals surface area contributed by atoms with E-state index in [1.165, 1.54) is 18.4 Å². The third kappa shape index (κ3) is 5.21. The summed E-state index contributed by atoms with van der Waals surface area (Å²) in [5.74, 6) is 0.908. The summed E-state index contributed by atoms with van der Waals surface area (Å²) in [6.07, 6.45) is 2.43. The molecular weight excluding hydrogens is 236 g/mol. The molecule has 1 rings (SSSR count). The zero-order valence-corrected chi connectivity index (χ0v) is 12.7. The first-order chi connectivity index (χ1) is 9.08. The fourth-order valence-corrected chi connectivity index (χ4v) is 2.21. The molecule has 2 N–H and O–H groups in total. The van der Waals surface area contributed by atoms with E-state index in [4.69, 9.17) is 10.5 Å². The number of ether oxygens (including phenoxy) is 1. The van der Waals surface area contributed by atoms with Crippen LogP contribution < -0.4 is 10.5 Å². The second kappa shape index (κ2) is 8.18. The molecule has 2 unspecified atom stereocenters. The van der Waals surface area contributed by atoms with Crippen LogP contribution in [0.3, 0.4) is 0 Å². The van der Waals surface area contributed by atoms with Gasteiger partial charge in [-0.15, -0.1) is 0 Å². The number of hydrogen-bond acceptors (Lipinski definition) is 3. The largest absolute Gasteiger partial charge is 0.494 e. The van der Waals surface area contributed by atoms with E-state index in [0.717, 1.165) is 12.3 Å². The highest BCUT2D eigenvalue weighted by molar-refractivity contribution is 5.29. The molecule has 19 heavy (non-hydrogen) atoms. The maximum Gasteiger partial charge on any atom is 0.119 e. The second-order valence-electron chi connectivity index (χ2n) is 5.19. The third-order valence-electron chi connectivity index (χ3n) is 3.56. The Balaban J connectivity index is 2.54. The van der Waals surface area contributed by atoms with Crippen molar-refractivity contribution in [3.63, 3.8) is 0 Å². The van der Waals surface area contributed by atoms with Gasteiger partial charge in [-0.25, -0.2) is 0 Å². The molecule has 2 atom stereocenters. The molecule has 1 aromatic carbocycles.